The summed E-state index contributed by atoms with van der Waals surface area (Å²) in [6, 6.07) is 17.2. The maximum Gasteiger partial charge on any atom is 0.354 e. The van der Waals surface area contributed by atoms with Crippen LogP contribution in [0.1, 0.15) is 10.5 Å². The lowest BCUT2D eigenvalue weighted by Crippen LogP contribution is -2.19. The number of carboxylic acid groups (broad SMARTS) is 1. The summed E-state index contributed by atoms with van der Waals surface area (Å²) in [6.45, 7) is 0. The summed E-state index contributed by atoms with van der Waals surface area (Å²) in [5.41, 5.74) is 5.19. The number of fused-ring (bicyclic) bond motifs is 2. The fraction of sp³-hybridized carbons (Fsp3) is 0.0833. The summed E-state index contributed by atoms with van der Waals surface area (Å²) in [7, 11) is 3.54. The maximum absolute atomic E-state index is 12.3. The Balaban J connectivity index is 1.62. The van der Waals surface area contributed by atoms with Gasteiger partial charge >= 0.3 is 11.7 Å². The van der Waals surface area contributed by atoms with Gasteiger partial charge in [0.2, 0.25) is 0 Å². The Morgan fingerprint density at radius 3 is 2.39 bits per heavy atom. The van der Waals surface area contributed by atoms with Crippen molar-refractivity contribution in [3.63, 3.8) is 0 Å². The van der Waals surface area contributed by atoms with E-state index in [9.17, 15) is 9.59 Å². The number of nitrogens with zero attached hydrogens (tertiary/aromatic N) is 4. The Morgan fingerprint density at radius 1 is 0.871 bits per heavy atom. The van der Waals surface area contributed by atoms with Crippen molar-refractivity contribution >= 4 is 27.8 Å². The van der Waals surface area contributed by atoms with E-state index in [1.807, 2.05) is 48.7 Å². The monoisotopic (exact) mass is 410 g/mol. The van der Waals surface area contributed by atoms with Gasteiger partial charge in [0.05, 0.1) is 16.7 Å². The molecule has 5 aromatic rings. The van der Waals surface area contributed by atoms with E-state index in [1.165, 1.54) is 12.3 Å². The third-order valence-corrected chi connectivity index (χ3v) is 5.63. The van der Waals surface area contributed by atoms with Crippen molar-refractivity contribution in [2.75, 3.05) is 0 Å². The predicted octanol–water partition coefficient (Wildman–Crippen LogP) is 3.85. The molecule has 3 heterocycles. The van der Waals surface area contributed by atoms with Gasteiger partial charge in [-0.1, -0.05) is 24.3 Å². The molecule has 0 aliphatic rings. The molecule has 0 fully saturated rings. The number of hydrogen-bond donors (Lipinski definition) is 1. The van der Waals surface area contributed by atoms with Gasteiger partial charge in [0.1, 0.15) is 5.69 Å². The fourth-order valence-electron chi connectivity index (χ4n) is 3.93. The quantitative estimate of drug-likeness (QED) is 0.488. The zero-order valence-corrected chi connectivity index (χ0v) is 16.9. The first-order valence-electron chi connectivity index (χ1n) is 9.68. The summed E-state index contributed by atoms with van der Waals surface area (Å²) in [5.74, 6) is -1.06. The summed E-state index contributed by atoms with van der Waals surface area (Å²) in [5, 5.41) is 11.0. The van der Waals surface area contributed by atoms with Crippen LogP contribution in [0.5, 0.6) is 0 Å². The number of aromatic nitrogens is 4. The number of carboxylic acids is 1. The van der Waals surface area contributed by atoms with Crippen molar-refractivity contribution in [3.8, 4) is 22.4 Å². The van der Waals surface area contributed by atoms with Gasteiger partial charge in [-0.15, -0.1) is 0 Å². The van der Waals surface area contributed by atoms with E-state index >= 15 is 0 Å². The maximum atomic E-state index is 12.3. The van der Waals surface area contributed by atoms with Crippen LogP contribution in [-0.2, 0) is 14.1 Å². The highest BCUT2D eigenvalue weighted by Crippen LogP contribution is 2.32. The van der Waals surface area contributed by atoms with Crippen LogP contribution in [0.15, 0.2) is 71.8 Å². The van der Waals surface area contributed by atoms with Crippen molar-refractivity contribution in [1.29, 1.82) is 0 Å². The third-order valence-electron chi connectivity index (χ3n) is 5.63. The first kappa shape index (κ1) is 18.7. The van der Waals surface area contributed by atoms with Gasteiger partial charge < -0.3 is 5.11 Å². The standard InChI is InChI=1S/C24H18N4O3/c1-27-21-9-7-15(11-22(21)28(2)24(27)31)17-5-3-4-14-10-20(26-13-18(14)17)16-6-8-19(23(29)30)25-12-16/h3-13H,1-2H3,(H,29,30). The van der Waals surface area contributed by atoms with Crippen molar-refractivity contribution in [3.05, 3.63) is 83.2 Å². The van der Waals surface area contributed by atoms with Crippen molar-refractivity contribution in [2.24, 2.45) is 14.1 Å². The summed E-state index contributed by atoms with van der Waals surface area (Å²) >= 11 is 0. The van der Waals surface area contributed by atoms with Gasteiger partial charge in [0.15, 0.2) is 0 Å². The van der Waals surface area contributed by atoms with E-state index in [0.717, 1.165) is 44.2 Å². The van der Waals surface area contributed by atoms with Gasteiger partial charge in [-0.25, -0.2) is 14.6 Å². The number of carbonyl (C=O) groups is 1. The molecule has 3 aromatic heterocycles. The zero-order chi connectivity index (χ0) is 21.7. The van der Waals surface area contributed by atoms with Gasteiger partial charge in [-0.2, -0.15) is 0 Å². The summed E-state index contributed by atoms with van der Waals surface area (Å²) in [6.07, 6.45) is 3.34. The van der Waals surface area contributed by atoms with Gasteiger partial charge in [-0.05, 0) is 46.8 Å². The molecular weight excluding hydrogens is 392 g/mol. The highest BCUT2D eigenvalue weighted by molar-refractivity contribution is 5.99. The van der Waals surface area contributed by atoms with Crippen molar-refractivity contribution in [2.45, 2.75) is 0 Å². The molecule has 5 rings (SSSR count). The highest BCUT2D eigenvalue weighted by Gasteiger charge is 2.12. The SMILES string of the molecule is Cn1c(=O)n(C)c2cc(-c3cccc4cc(-c5ccc(C(=O)O)nc5)ncc34)ccc21. The van der Waals surface area contributed by atoms with Crippen molar-refractivity contribution in [1.82, 2.24) is 19.1 Å². The molecule has 2 aromatic carbocycles. The second kappa shape index (κ2) is 6.91. The summed E-state index contributed by atoms with van der Waals surface area (Å²) in [4.78, 5) is 31.8. The van der Waals surface area contributed by atoms with Gasteiger partial charge in [0.25, 0.3) is 0 Å². The molecule has 0 radical (unpaired) electrons. The van der Waals surface area contributed by atoms with E-state index in [1.54, 1.807) is 29.3 Å². The average molecular weight is 410 g/mol. The Kier molecular flexibility index (Phi) is 4.18. The normalized spacial score (nSPS) is 11.3. The van der Waals surface area contributed by atoms with E-state index < -0.39 is 5.97 Å². The van der Waals surface area contributed by atoms with Crippen LogP contribution in [0.3, 0.4) is 0 Å². The van der Waals surface area contributed by atoms with Crippen molar-refractivity contribution < 1.29 is 9.90 Å². The molecule has 0 saturated carbocycles. The molecule has 152 valence electrons. The lowest BCUT2D eigenvalue weighted by atomic mass is 9.98. The molecule has 0 aliphatic heterocycles. The smallest absolute Gasteiger partial charge is 0.354 e. The first-order chi connectivity index (χ1) is 14.9. The van der Waals surface area contributed by atoms with Gasteiger partial charge in [-0.3, -0.25) is 14.1 Å². The molecule has 0 saturated heterocycles. The molecule has 7 nitrogen and oxygen atoms in total. The first-order valence-corrected chi connectivity index (χ1v) is 9.68. The molecule has 0 bridgehead atoms. The molecule has 0 atom stereocenters. The number of imidazole rings is 1. The van der Waals surface area contributed by atoms with Gasteiger partial charge in [0, 0.05) is 37.4 Å². The van der Waals surface area contributed by atoms with E-state index in [2.05, 4.69) is 9.97 Å². The van der Waals surface area contributed by atoms with Crippen LogP contribution in [0.4, 0.5) is 0 Å². The highest BCUT2D eigenvalue weighted by atomic mass is 16.4. The molecule has 0 spiro atoms. The van der Waals surface area contributed by atoms with Crippen LogP contribution in [-0.4, -0.2) is 30.2 Å². The molecule has 1 N–H and O–H groups in total. The van der Waals surface area contributed by atoms with E-state index in [0.29, 0.717) is 0 Å². The Morgan fingerprint density at radius 2 is 1.65 bits per heavy atom. The second-order valence-corrected chi connectivity index (χ2v) is 7.44. The lowest BCUT2D eigenvalue weighted by molar-refractivity contribution is 0.0690. The third kappa shape index (κ3) is 2.98. The number of rotatable bonds is 3. The Hall–Kier alpha value is -4.26. The largest absolute Gasteiger partial charge is 0.477 e. The molecule has 31 heavy (non-hydrogen) atoms. The van der Waals surface area contributed by atoms with E-state index in [-0.39, 0.29) is 11.4 Å². The average Bonchev–Trinajstić information content (AvgIpc) is 3.02. The van der Waals surface area contributed by atoms with Crippen LogP contribution in [0.2, 0.25) is 0 Å². The second-order valence-electron chi connectivity index (χ2n) is 7.44. The van der Waals surface area contributed by atoms with E-state index in [4.69, 9.17) is 5.11 Å². The molecule has 7 heteroatoms. The fourth-order valence-corrected chi connectivity index (χ4v) is 3.93. The van der Waals surface area contributed by atoms with Crippen LogP contribution in [0, 0.1) is 0 Å². The molecule has 0 amide bonds. The molecule has 0 aliphatic carbocycles. The Labute approximate surface area is 176 Å². The number of benzene rings is 2. The van der Waals surface area contributed by atoms with Crippen LogP contribution >= 0.6 is 0 Å². The Bertz CT molecular complexity index is 1550. The minimum Gasteiger partial charge on any atom is -0.477 e. The number of pyridine rings is 2. The van der Waals surface area contributed by atoms with Crippen LogP contribution < -0.4 is 5.69 Å². The number of aromatic carboxylic acids is 1. The van der Waals surface area contributed by atoms with Crippen LogP contribution in [0.25, 0.3) is 44.2 Å². The topological polar surface area (TPSA) is 90.0 Å². The minimum absolute atomic E-state index is 0.00229. The molecule has 0 unspecified atom stereocenters. The lowest BCUT2D eigenvalue weighted by Gasteiger charge is -2.09. The predicted molar refractivity (Wildman–Crippen MR) is 119 cm³/mol. The minimum atomic E-state index is -1.06. The molecular formula is C24H18N4O3. The number of hydrogen-bond acceptors (Lipinski definition) is 4. The summed E-state index contributed by atoms with van der Waals surface area (Å²) < 4.78 is 3.29. The zero-order valence-electron chi connectivity index (χ0n) is 16.9. The number of aryl methyl sites for hydroxylation is 2.